The zero-order valence-electron chi connectivity index (χ0n) is 9.14. The molecule has 1 heteroatoms. The summed E-state index contributed by atoms with van der Waals surface area (Å²) in [4.78, 5) is 2.25. The van der Waals surface area contributed by atoms with Gasteiger partial charge in [-0.15, -0.1) is 0 Å². The molecular formula is C12H21N. The van der Waals surface area contributed by atoms with E-state index in [4.69, 9.17) is 0 Å². The molecule has 0 radical (unpaired) electrons. The highest BCUT2D eigenvalue weighted by Gasteiger charge is 2.08. The fourth-order valence-corrected chi connectivity index (χ4v) is 1.75. The van der Waals surface area contributed by atoms with E-state index in [-0.39, 0.29) is 0 Å². The van der Waals surface area contributed by atoms with Crippen molar-refractivity contribution in [2.75, 3.05) is 20.6 Å². The minimum atomic E-state index is 1.11. The third kappa shape index (κ3) is 3.35. The van der Waals surface area contributed by atoms with Crippen molar-refractivity contribution < 1.29 is 0 Å². The fraction of sp³-hybridized carbons (Fsp3) is 0.667. The molecule has 0 atom stereocenters. The highest BCUT2D eigenvalue weighted by molar-refractivity contribution is 5.34. The summed E-state index contributed by atoms with van der Waals surface area (Å²) >= 11 is 0. The van der Waals surface area contributed by atoms with E-state index < -0.39 is 0 Å². The van der Waals surface area contributed by atoms with Crippen LogP contribution in [0.1, 0.15) is 32.6 Å². The molecule has 0 aliphatic heterocycles. The normalized spacial score (nSPS) is 16.3. The highest BCUT2D eigenvalue weighted by atomic mass is 15.0. The van der Waals surface area contributed by atoms with Gasteiger partial charge in [0.2, 0.25) is 0 Å². The van der Waals surface area contributed by atoms with Crippen LogP contribution in [0.2, 0.25) is 0 Å². The third-order valence-corrected chi connectivity index (χ3v) is 2.46. The molecule has 0 aromatic heterocycles. The Hall–Kier alpha value is -0.560. The summed E-state index contributed by atoms with van der Waals surface area (Å²) < 4.78 is 0. The third-order valence-electron chi connectivity index (χ3n) is 2.46. The molecule has 13 heavy (non-hydrogen) atoms. The summed E-state index contributed by atoms with van der Waals surface area (Å²) in [6.45, 7) is 3.37. The molecule has 0 saturated carbocycles. The van der Waals surface area contributed by atoms with Gasteiger partial charge < -0.3 is 4.90 Å². The summed E-state index contributed by atoms with van der Waals surface area (Å²) in [6, 6.07) is 0. The zero-order valence-corrected chi connectivity index (χ0v) is 9.14. The van der Waals surface area contributed by atoms with Crippen molar-refractivity contribution in [1.29, 1.82) is 0 Å². The first-order chi connectivity index (χ1) is 6.24. The molecule has 1 aliphatic carbocycles. The van der Waals surface area contributed by atoms with Gasteiger partial charge in [-0.05, 0) is 38.9 Å². The second-order valence-corrected chi connectivity index (χ2v) is 4.08. The predicted octanol–water partition coefficient (Wildman–Crippen LogP) is 2.99. The van der Waals surface area contributed by atoms with Crippen LogP contribution in [-0.2, 0) is 0 Å². The Bertz CT molecular complexity index is 211. The van der Waals surface area contributed by atoms with Gasteiger partial charge in [-0.2, -0.15) is 0 Å². The van der Waals surface area contributed by atoms with Gasteiger partial charge in [-0.3, -0.25) is 0 Å². The molecule has 0 saturated heterocycles. The number of likely N-dealkylation sites (N-methyl/N-ethyl adjacent to an activating group) is 1. The minimum absolute atomic E-state index is 1.11. The summed E-state index contributed by atoms with van der Waals surface area (Å²) in [5, 5.41) is 0. The quantitative estimate of drug-likeness (QED) is 0.627. The molecule has 1 aliphatic rings. The average molecular weight is 179 g/mol. The number of rotatable bonds is 5. The molecule has 0 N–H and O–H groups in total. The molecule has 0 bridgehead atoms. The van der Waals surface area contributed by atoms with Crippen LogP contribution in [0.3, 0.4) is 0 Å². The topological polar surface area (TPSA) is 3.24 Å². The number of unbranched alkanes of at least 4 members (excludes halogenated alkanes) is 1. The Morgan fingerprint density at radius 3 is 2.77 bits per heavy atom. The predicted molar refractivity (Wildman–Crippen MR) is 58.9 cm³/mol. The molecule has 0 aromatic rings. The maximum absolute atomic E-state index is 2.30. The molecule has 74 valence electrons. The fourth-order valence-electron chi connectivity index (χ4n) is 1.75. The maximum atomic E-state index is 2.30. The number of allylic oxidation sites excluding steroid dienone is 2. The lowest BCUT2D eigenvalue weighted by Gasteiger charge is -2.12. The Balaban J connectivity index is 2.48. The van der Waals surface area contributed by atoms with Gasteiger partial charge in [0.25, 0.3) is 0 Å². The zero-order chi connectivity index (χ0) is 9.68. The first-order valence-corrected chi connectivity index (χ1v) is 5.26. The summed E-state index contributed by atoms with van der Waals surface area (Å²) in [7, 11) is 4.27. The van der Waals surface area contributed by atoms with Crippen LogP contribution >= 0.6 is 0 Å². The van der Waals surface area contributed by atoms with Crippen molar-refractivity contribution in [3.05, 3.63) is 23.3 Å². The van der Waals surface area contributed by atoms with E-state index in [1.54, 1.807) is 11.1 Å². The van der Waals surface area contributed by atoms with Gasteiger partial charge in [-0.1, -0.05) is 31.1 Å². The highest BCUT2D eigenvalue weighted by Crippen LogP contribution is 2.24. The lowest BCUT2D eigenvalue weighted by molar-refractivity contribution is 0.447. The SMILES string of the molecule is CCCCC1=C(CN(C)C)C=CC1. The molecular weight excluding hydrogens is 158 g/mol. The minimum Gasteiger partial charge on any atom is -0.305 e. The van der Waals surface area contributed by atoms with E-state index in [1.807, 2.05) is 0 Å². The second-order valence-electron chi connectivity index (χ2n) is 4.08. The summed E-state index contributed by atoms with van der Waals surface area (Å²) in [5.74, 6) is 0. The van der Waals surface area contributed by atoms with E-state index in [1.165, 1.54) is 25.7 Å². The lowest BCUT2D eigenvalue weighted by Crippen LogP contribution is -2.14. The van der Waals surface area contributed by atoms with Crippen molar-refractivity contribution in [2.45, 2.75) is 32.6 Å². The second kappa shape index (κ2) is 5.23. The summed E-state index contributed by atoms with van der Waals surface area (Å²) in [5.41, 5.74) is 3.22. The van der Waals surface area contributed by atoms with Crippen LogP contribution in [0.4, 0.5) is 0 Å². The van der Waals surface area contributed by atoms with E-state index in [0.29, 0.717) is 0 Å². The molecule has 0 heterocycles. The monoisotopic (exact) mass is 179 g/mol. The van der Waals surface area contributed by atoms with Crippen molar-refractivity contribution in [2.24, 2.45) is 0 Å². The van der Waals surface area contributed by atoms with Crippen LogP contribution in [0.15, 0.2) is 23.3 Å². The standard InChI is InChI=1S/C12H21N/c1-4-5-7-11-8-6-9-12(11)10-13(2)3/h6,9H,4-5,7-8,10H2,1-3H3. The van der Waals surface area contributed by atoms with Gasteiger partial charge in [0.15, 0.2) is 0 Å². The molecule has 0 spiro atoms. The Kier molecular flexibility index (Phi) is 4.23. The molecule has 1 nitrogen and oxygen atoms in total. The average Bonchev–Trinajstić information content (AvgIpc) is 2.48. The first kappa shape index (κ1) is 10.5. The number of nitrogens with zero attached hydrogens (tertiary/aromatic N) is 1. The Morgan fingerprint density at radius 1 is 1.38 bits per heavy atom. The van der Waals surface area contributed by atoms with Crippen molar-refractivity contribution >= 4 is 0 Å². The molecule has 0 unspecified atom stereocenters. The van der Waals surface area contributed by atoms with Crippen molar-refractivity contribution in [1.82, 2.24) is 4.90 Å². The van der Waals surface area contributed by atoms with Crippen LogP contribution in [0, 0.1) is 0 Å². The molecule has 0 aromatic carbocycles. The largest absolute Gasteiger partial charge is 0.305 e. The van der Waals surface area contributed by atoms with Crippen molar-refractivity contribution in [3.8, 4) is 0 Å². The van der Waals surface area contributed by atoms with Gasteiger partial charge in [0.05, 0.1) is 0 Å². The lowest BCUT2D eigenvalue weighted by atomic mass is 10.0. The van der Waals surface area contributed by atoms with E-state index in [0.717, 1.165) is 6.54 Å². The molecule has 0 amide bonds. The van der Waals surface area contributed by atoms with Crippen LogP contribution < -0.4 is 0 Å². The summed E-state index contributed by atoms with van der Waals surface area (Å²) in [6.07, 6.45) is 9.73. The molecule has 0 fully saturated rings. The van der Waals surface area contributed by atoms with E-state index in [2.05, 4.69) is 38.1 Å². The van der Waals surface area contributed by atoms with Gasteiger partial charge in [0.1, 0.15) is 0 Å². The first-order valence-electron chi connectivity index (χ1n) is 5.26. The Labute approximate surface area is 82.1 Å². The Morgan fingerprint density at radius 2 is 2.15 bits per heavy atom. The maximum Gasteiger partial charge on any atom is 0.0227 e. The smallest absolute Gasteiger partial charge is 0.0227 e. The van der Waals surface area contributed by atoms with Crippen LogP contribution in [-0.4, -0.2) is 25.5 Å². The van der Waals surface area contributed by atoms with Crippen LogP contribution in [0.25, 0.3) is 0 Å². The van der Waals surface area contributed by atoms with Gasteiger partial charge in [-0.25, -0.2) is 0 Å². The van der Waals surface area contributed by atoms with Crippen molar-refractivity contribution in [3.63, 3.8) is 0 Å². The van der Waals surface area contributed by atoms with E-state index >= 15 is 0 Å². The number of hydrogen-bond donors (Lipinski definition) is 0. The number of hydrogen-bond acceptors (Lipinski definition) is 1. The van der Waals surface area contributed by atoms with Crippen LogP contribution in [0.5, 0.6) is 0 Å². The van der Waals surface area contributed by atoms with Gasteiger partial charge >= 0.3 is 0 Å². The molecule has 1 rings (SSSR count). The van der Waals surface area contributed by atoms with E-state index in [9.17, 15) is 0 Å². The van der Waals surface area contributed by atoms with Gasteiger partial charge in [0, 0.05) is 6.54 Å².